The van der Waals surface area contributed by atoms with E-state index < -0.39 is 17.6 Å². The van der Waals surface area contributed by atoms with E-state index in [-0.39, 0.29) is 17.0 Å². The van der Waals surface area contributed by atoms with Crippen LogP contribution in [-0.4, -0.2) is 24.9 Å². The highest BCUT2D eigenvalue weighted by Gasteiger charge is 2.40. The van der Waals surface area contributed by atoms with E-state index in [1.807, 2.05) is 35.7 Å². The quantitative estimate of drug-likeness (QED) is 0.523. The molecule has 31 heavy (non-hydrogen) atoms. The van der Waals surface area contributed by atoms with E-state index in [0.717, 1.165) is 23.7 Å². The molecule has 0 bridgehead atoms. The monoisotopic (exact) mass is 435 g/mol. The number of benzene rings is 2. The number of rotatable bonds is 7. The highest BCUT2D eigenvalue weighted by molar-refractivity contribution is 7.11. The van der Waals surface area contributed by atoms with Crippen molar-refractivity contribution in [2.24, 2.45) is 0 Å². The minimum absolute atomic E-state index is 0.187. The summed E-state index contributed by atoms with van der Waals surface area (Å²) in [6.07, 6.45) is 0. The molecule has 0 spiro atoms. The first kappa shape index (κ1) is 20.8. The van der Waals surface area contributed by atoms with Gasteiger partial charge >= 0.3 is 0 Å². The summed E-state index contributed by atoms with van der Waals surface area (Å²) in [5.41, 5.74) is 2.46. The number of halogens is 1. The van der Waals surface area contributed by atoms with Crippen LogP contribution in [-0.2, 0) is 9.59 Å². The van der Waals surface area contributed by atoms with E-state index >= 15 is 0 Å². The standard InChI is InChI=1S/C24H22FN3O2S/c1-3-27(4-2)18-12-10-17(11-13-18)26-22-21(20-9-6-14-31-20)23(29)28(24(22)30)19-8-5-7-16(25)15-19/h5-15,26H,3-4H2,1-2H3. The zero-order valence-electron chi connectivity index (χ0n) is 17.3. The molecule has 5 nitrogen and oxygen atoms in total. The third-order valence-electron chi connectivity index (χ3n) is 5.18. The van der Waals surface area contributed by atoms with Crippen molar-refractivity contribution in [3.63, 3.8) is 0 Å². The van der Waals surface area contributed by atoms with Crippen LogP contribution in [0.1, 0.15) is 18.7 Å². The van der Waals surface area contributed by atoms with Gasteiger partial charge in [0.25, 0.3) is 11.8 Å². The minimum atomic E-state index is -0.510. The lowest BCUT2D eigenvalue weighted by molar-refractivity contribution is -0.120. The van der Waals surface area contributed by atoms with Crippen molar-refractivity contribution in [3.05, 3.63) is 82.4 Å². The normalized spacial score (nSPS) is 13.8. The summed E-state index contributed by atoms with van der Waals surface area (Å²) in [5, 5.41) is 4.99. The van der Waals surface area contributed by atoms with Crippen molar-refractivity contribution < 1.29 is 14.0 Å². The molecule has 3 aromatic rings. The molecule has 0 saturated carbocycles. The van der Waals surface area contributed by atoms with Crippen molar-refractivity contribution in [1.29, 1.82) is 0 Å². The van der Waals surface area contributed by atoms with Crippen molar-refractivity contribution >= 4 is 45.8 Å². The molecule has 0 radical (unpaired) electrons. The van der Waals surface area contributed by atoms with Gasteiger partial charge in [-0.05, 0) is 67.8 Å². The van der Waals surface area contributed by atoms with Gasteiger partial charge in [-0.1, -0.05) is 12.1 Å². The number of carbonyl (C=O) groups is 2. The summed E-state index contributed by atoms with van der Waals surface area (Å²) in [7, 11) is 0. The molecule has 158 valence electrons. The average Bonchev–Trinajstić information content (AvgIpc) is 3.37. The van der Waals surface area contributed by atoms with Gasteiger partial charge in [-0.15, -0.1) is 11.3 Å². The Balaban J connectivity index is 1.71. The first-order valence-electron chi connectivity index (χ1n) is 10.1. The fourth-order valence-electron chi connectivity index (χ4n) is 3.63. The molecule has 2 heterocycles. The summed E-state index contributed by atoms with van der Waals surface area (Å²) in [6.45, 7) is 5.98. The minimum Gasteiger partial charge on any atom is -0.372 e. The average molecular weight is 436 g/mol. The Kier molecular flexibility index (Phi) is 5.86. The maximum atomic E-state index is 13.8. The summed E-state index contributed by atoms with van der Waals surface area (Å²) in [5.74, 6) is -1.49. The van der Waals surface area contributed by atoms with E-state index in [4.69, 9.17) is 0 Å². The molecule has 7 heteroatoms. The first-order valence-corrected chi connectivity index (χ1v) is 11.0. The van der Waals surface area contributed by atoms with Crippen molar-refractivity contribution in [3.8, 4) is 0 Å². The fourth-order valence-corrected chi connectivity index (χ4v) is 4.40. The summed E-state index contributed by atoms with van der Waals surface area (Å²) >= 11 is 1.37. The molecular formula is C24H22FN3O2S. The molecular weight excluding hydrogens is 413 g/mol. The van der Waals surface area contributed by atoms with E-state index in [9.17, 15) is 14.0 Å². The van der Waals surface area contributed by atoms with Crippen LogP contribution in [0.3, 0.4) is 0 Å². The van der Waals surface area contributed by atoms with Crippen LogP contribution in [0.4, 0.5) is 21.5 Å². The number of thiophene rings is 1. The van der Waals surface area contributed by atoms with E-state index in [1.54, 1.807) is 12.1 Å². The van der Waals surface area contributed by atoms with Gasteiger partial charge in [-0.25, -0.2) is 9.29 Å². The summed E-state index contributed by atoms with van der Waals surface area (Å²) in [6, 6.07) is 16.8. The first-order chi connectivity index (χ1) is 15.0. The highest BCUT2D eigenvalue weighted by atomic mass is 32.1. The van der Waals surface area contributed by atoms with Crippen LogP contribution in [0.2, 0.25) is 0 Å². The van der Waals surface area contributed by atoms with Crippen molar-refractivity contribution in [2.45, 2.75) is 13.8 Å². The van der Waals surface area contributed by atoms with Crippen LogP contribution >= 0.6 is 11.3 Å². The lowest BCUT2D eigenvalue weighted by Crippen LogP contribution is -2.32. The fraction of sp³-hybridized carbons (Fsp3) is 0.167. The molecule has 1 N–H and O–H groups in total. The van der Waals surface area contributed by atoms with Gasteiger partial charge < -0.3 is 10.2 Å². The second-order valence-corrected chi connectivity index (χ2v) is 7.94. The number of imide groups is 1. The van der Waals surface area contributed by atoms with Gasteiger partial charge in [0.2, 0.25) is 0 Å². The Hall–Kier alpha value is -3.45. The van der Waals surface area contributed by atoms with Crippen LogP contribution in [0, 0.1) is 5.82 Å². The number of nitrogens with one attached hydrogen (secondary N) is 1. The van der Waals surface area contributed by atoms with Gasteiger partial charge in [0.1, 0.15) is 11.5 Å². The topological polar surface area (TPSA) is 52.7 Å². The van der Waals surface area contributed by atoms with Crippen LogP contribution in [0.15, 0.2) is 71.7 Å². The molecule has 1 aliphatic heterocycles. The van der Waals surface area contributed by atoms with E-state index in [0.29, 0.717) is 10.6 Å². The number of hydrogen-bond donors (Lipinski definition) is 1. The molecule has 2 aromatic carbocycles. The Morgan fingerprint density at radius 3 is 2.32 bits per heavy atom. The molecule has 2 amide bonds. The predicted octanol–water partition coefficient (Wildman–Crippen LogP) is 5.13. The van der Waals surface area contributed by atoms with Crippen LogP contribution in [0.25, 0.3) is 5.57 Å². The van der Waals surface area contributed by atoms with Crippen LogP contribution in [0.5, 0.6) is 0 Å². The Morgan fingerprint density at radius 1 is 0.968 bits per heavy atom. The third-order valence-corrected chi connectivity index (χ3v) is 6.07. The lowest BCUT2D eigenvalue weighted by Gasteiger charge is -2.21. The summed E-state index contributed by atoms with van der Waals surface area (Å²) < 4.78 is 13.8. The largest absolute Gasteiger partial charge is 0.372 e. The Labute approximate surface area is 184 Å². The smallest absolute Gasteiger partial charge is 0.282 e. The molecule has 0 unspecified atom stereocenters. The molecule has 4 rings (SSSR count). The van der Waals surface area contributed by atoms with Crippen molar-refractivity contribution in [1.82, 2.24) is 0 Å². The van der Waals surface area contributed by atoms with Gasteiger partial charge in [0.15, 0.2) is 0 Å². The Bertz CT molecular complexity index is 1140. The number of amides is 2. The SMILES string of the molecule is CCN(CC)c1ccc(NC2=C(c3cccs3)C(=O)N(c3cccc(F)c3)C2=O)cc1. The maximum absolute atomic E-state index is 13.8. The van der Waals surface area contributed by atoms with Gasteiger partial charge in [-0.3, -0.25) is 9.59 Å². The van der Waals surface area contributed by atoms with E-state index in [2.05, 4.69) is 24.1 Å². The maximum Gasteiger partial charge on any atom is 0.282 e. The molecule has 1 aliphatic rings. The van der Waals surface area contributed by atoms with Gasteiger partial charge in [0.05, 0.1) is 11.3 Å². The molecule has 1 aromatic heterocycles. The lowest BCUT2D eigenvalue weighted by atomic mass is 10.1. The number of carbonyl (C=O) groups excluding carboxylic acids is 2. The highest BCUT2D eigenvalue weighted by Crippen LogP contribution is 2.35. The van der Waals surface area contributed by atoms with Gasteiger partial charge in [0, 0.05) is 29.3 Å². The third kappa shape index (κ3) is 3.96. The zero-order valence-corrected chi connectivity index (χ0v) is 18.1. The van der Waals surface area contributed by atoms with E-state index in [1.165, 1.54) is 29.5 Å². The Morgan fingerprint density at radius 2 is 1.71 bits per heavy atom. The molecule has 0 fully saturated rings. The number of hydrogen-bond acceptors (Lipinski definition) is 5. The number of nitrogens with zero attached hydrogens (tertiary/aromatic N) is 2. The molecule has 0 aliphatic carbocycles. The second kappa shape index (κ2) is 8.73. The molecule has 0 atom stereocenters. The number of anilines is 3. The zero-order chi connectivity index (χ0) is 22.0. The second-order valence-electron chi connectivity index (χ2n) is 7.00. The van der Waals surface area contributed by atoms with Crippen molar-refractivity contribution in [2.75, 3.05) is 28.2 Å². The van der Waals surface area contributed by atoms with Gasteiger partial charge in [-0.2, -0.15) is 0 Å². The predicted molar refractivity (Wildman–Crippen MR) is 124 cm³/mol. The molecule has 0 saturated heterocycles. The summed E-state index contributed by atoms with van der Waals surface area (Å²) in [4.78, 5) is 30.4. The van der Waals surface area contributed by atoms with Crippen LogP contribution < -0.4 is 15.1 Å².